The van der Waals surface area contributed by atoms with Crippen LogP contribution in [0.1, 0.15) is 60.6 Å². The van der Waals surface area contributed by atoms with Gasteiger partial charge in [0.25, 0.3) is 0 Å². The molecule has 9 heteroatoms. The minimum absolute atomic E-state index is 0.0314. The summed E-state index contributed by atoms with van der Waals surface area (Å²) < 4.78 is 45.3. The van der Waals surface area contributed by atoms with E-state index in [0.29, 0.717) is 12.0 Å². The van der Waals surface area contributed by atoms with Crippen LogP contribution in [0.4, 0.5) is 23.7 Å². The molecule has 0 spiro atoms. The molecule has 0 aromatic heterocycles. The number of halogens is 3. The van der Waals surface area contributed by atoms with Crippen LogP contribution in [0, 0.1) is 0 Å². The Morgan fingerprint density at radius 2 is 1.94 bits per heavy atom. The number of benzene rings is 2. The molecule has 2 aromatic rings. The van der Waals surface area contributed by atoms with Gasteiger partial charge in [-0.3, -0.25) is 0 Å². The second kappa shape index (κ2) is 8.53. The van der Waals surface area contributed by atoms with Gasteiger partial charge < -0.3 is 25.6 Å². The van der Waals surface area contributed by atoms with Crippen LogP contribution in [-0.4, -0.2) is 35.6 Å². The number of methoxy groups -OCH3 is 1. The number of aliphatic hydroxyl groups excluding tert-OH is 2. The van der Waals surface area contributed by atoms with Crippen molar-refractivity contribution in [2.75, 3.05) is 12.4 Å². The molecule has 0 aliphatic heterocycles. The zero-order valence-corrected chi connectivity index (χ0v) is 18.4. The van der Waals surface area contributed by atoms with E-state index in [2.05, 4.69) is 10.6 Å². The Hall–Kier alpha value is -2.78. The van der Waals surface area contributed by atoms with E-state index in [-0.39, 0.29) is 16.9 Å². The number of alkyl halides is 3. The van der Waals surface area contributed by atoms with Crippen molar-refractivity contribution in [3.8, 4) is 5.75 Å². The maximum atomic E-state index is 13.4. The first kappa shape index (κ1) is 23.4. The largest absolute Gasteiger partial charge is 0.494 e. The highest BCUT2D eigenvalue weighted by atomic mass is 19.4. The molecule has 0 heterocycles. The highest BCUT2D eigenvalue weighted by molar-refractivity contribution is 5.92. The number of ether oxygens (including phenoxy) is 1. The van der Waals surface area contributed by atoms with Crippen LogP contribution >= 0.6 is 0 Å². The van der Waals surface area contributed by atoms with E-state index in [1.807, 2.05) is 19.1 Å². The molecular formula is C24H27F3N2O4. The fourth-order valence-electron chi connectivity index (χ4n) is 4.73. The summed E-state index contributed by atoms with van der Waals surface area (Å²) in [7, 11) is 1.19. The van der Waals surface area contributed by atoms with Gasteiger partial charge in [0.15, 0.2) is 6.10 Å². The maximum Gasteiger partial charge on any atom is 0.418 e. The molecule has 1 saturated carbocycles. The molecule has 1 fully saturated rings. The molecule has 2 aliphatic carbocycles. The van der Waals surface area contributed by atoms with Crippen molar-refractivity contribution in [1.29, 1.82) is 0 Å². The Morgan fingerprint density at radius 3 is 2.52 bits per heavy atom. The van der Waals surface area contributed by atoms with Crippen LogP contribution in [0.5, 0.6) is 5.75 Å². The van der Waals surface area contributed by atoms with Crippen molar-refractivity contribution >= 4 is 11.7 Å². The van der Waals surface area contributed by atoms with Crippen molar-refractivity contribution in [3.63, 3.8) is 0 Å². The lowest BCUT2D eigenvalue weighted by molar-refractivity contribution is -0.207. The number of urea groups is 1. The molecule has 3 atom stereocenters. The number of nitrogens with one attached hydrogen (secondary N) is 2. The number of rotatable bonds is 5. The van der Waals surface area contributed by atoms with E-state index in [4.69, 9.17) is 4.74 Å². The zero-order valence-electron chi connectivity index (χ0n) is 18.4. The molecule has 2 amide bonds. The molecule has 178 valence electrons. The SMILES string of the molecule is COc1c(NC(=O)N[C@@H]2Cc3ccccc3[C@H]2O)cc(C2(C)CCC2)cc1C(O)C(F)(F)F. The molecule has 2 aliphatic rings. The number of fused-ring (bicyclic) bond motifs is 1. The lowest BCUT2D eigenvalue weighted by Crippen LogP contribution is -2.40. The van der Waals surface area contributed by atoms with Crippen molar-refractivity contribution < 1.29 is 32.9 Å². The maximum absolute atomic E-state index is 13.4. The number of amides is 2. The summed E-state index contributed by atoms with van der Waals surface area (Å²) >= 11 is 0. The van der Waals surface area contributed by atoms with Crippen molar-refractivity contribution in [1.82, 2.24) is 5.32 Å². The highest BCUT2D eigenvalue weighted by Gasteiger charge is 2.43. The van der Waals surface area contributed by atoms with E-state index in [9.17, 15) is 28.2 Å². The minimum atomic E-state index is -4.90. The Kier molecular flexibility index (Phi) is 6.05. The van der Waals surface area contributed by atoms with Crippen LogP contribution < -0.4 is 15.4 Å². The fourth-order valence-corrected chi connectivity index (χ4v) is 4.73. The summed E-state index contributed by atoms with van der Waals surface area (Å²) in [4.78, 5) is 12.8. The van der Waals surface area contributed by atoms with E-state index in [1.54, 1.807) is 18.2 Å². The summed E-state index contributed by atoms with van der Waals surface area (Å²) in [5.74, 6) is -0.253. The van der Waals surface area contributed by atoms with E-state index >= 15 is 0 Å². The second-order valence-electron chi connectivity index (χ2n) is 9.06. The van der Waals surface area contributed by atoms with Crippen LogP contribution in [0.15, 0.2) is 36.4 Å². The number of anilines is 1. The Balaban J connectivity index is 1.62. The van der Waals surface area contributed by atoms with Gasteiger partial charge in [0.1, 0.15) is 5.75 Å². The number of hydrogen-bond donors (Lipinski definition) is 4. The fraction of sp³-hybridized carbons (Fsp3) is 0.458. The normalized spacial score (nSPS) is 22.2. The van der Waals surface area contributed by atoms with Gasteiger partial charge >= 0.3 is 12.2 Å². The third-order valence-electron chi connectivity index (χ3n) is 6.84. The standard InChI is InChI=1S/C24H27F3N2O4/c1-23(8-5-9-23)14-11-16(21(31)24(25,26)27)20(33-2)18(12-14)29-22(32)28-17-10-13-6-3-4-7-15(13)19(17)30/h3-4,6-7,11-12,17,19,21,30-31H,5,8-10H2,1-2H3,(H2,28,29,32)/t17-,19-,21?/m1/s1. The molecule has 0 saturated heterocycles. The highest BCUT2D eigenvalue weighted by Crippen LogP contribution is 2.48. The van der Waals surface area contributed by atoms with Crippen molar-refractivity contribution in [2.24, 2.45) is 0 Å². The van der Waals surface area contributed by atoms with Gasteiger partial charge in [-0.2, -0.15) is 13.2 Å². The molecule has 2 aromatic carbocycles. The molecular weight excluding hydrogens is 437 g/mol. The summed E-state index contributed by atoms with van der Waals surface area (Å²) in [5.41, 5.74) is 1.49. The Labute approximate surface area is 189 Å². The van der Waals surface area contributed by atoms with Gasteiger partial charge in [0.05, 0.1) is 24.9 Å². The van der Waals surface area contributed by atoms with Gasteiger partial charge in [-0.15, -0.1) is 0 Å². The summed E-state index contributed by atoms with van der Waals surface area (Å²) in [6.07, 6.45) is -5.59. The van der Waals surface area contributed by atoms with Crippen LogP contribution in [-0.2, 0) is 11.8 Å². The lowest BCUT2D eigenvalue weighted by atomic mass is 9.65. The van der Waals surface area contributed by atoms with Gasteiger partial charge in [-0.05, 0) is 53.5 Å². The van der Waals surface area contributed by atoms with Gasteiger partial charge in [-0.25, -0.2) is 4.79 Å². The predicted molar refractivity (Wildman–Crippen MR) is 116 cm³/mol. The smallest absolute Gasteiger partial charge is 0.418 e. The quantitative estimate of drug-likeness (QED) is 0.524. The second-order valence-corrected chi connectivity index (χ2v) is 9.06. The molecule has 0 radical (unpaired) electrons. The Morgan fingerprint density at radius 1 is 1.24 bits per heavy atom. The number of carbonyl (C=O) groups excluding carboxylic acids is 1. The Bertz CT molecular complexity index is 1050. The van der Waals surface area contributed by atoms with Crippen molar-refractivity contribution in [2.45, 2.75) is 62.4 Å². The van der Waals surface area contributed by atoms with Crippen LogP contribution in [0.2, 0.25) is 0 Å². The number of carbonyl (C=O) groups is 1. The predicted octanol–water partition coefficient (Wildman–Crippen LogP) is 4.51. The first-order valence-electron chi connectivity index (χ1n) is 10.8. The van der Waals surface area contributed by atoms with Gasteiger partial charge in [0.2, 0.25) is 0 Å². The monoisotopic (exact) mass is 464 g/mol. The topological polar surface area (TPSA) is 90.8 Å². The van der Waals surface area contributed by atoms with Crippen molar-refractivity contribution in [3.05, 3.63) is 58.7 Å². The molecule has 4 rings (SSSR count). The van der Waals surface area contributed by atoms with E-state index in [1.165, 1.54) is 13.2 Å². The average molecular weight is 464 g/mol. The van der Waals surface area contributed by atoms with Gasteiger partial charge in [-0.1, -0.05) is 37.6 Å². The molecule has 6 nitrogen and oxygen atoms in total. The molecule has 1 unspecified atom stereocenters. The van der Waals surface area contributed by atoms with E-state index in [0.717, 1.165) is 30.4 Å². The first-order chi connectivity index (χ1) is 15.5. The minimum Gasteiger partial charge on any atom is -0.494 e. The summed E-state index contributed by atoms with van der Waals surface area (Å²) in [5, 5.41) is 25.8. The first-order valence-corrected chi connectivity index (χ1v) is 10.8. The zero-order chi connectivity index (χ0) is 24.0. The molecule has 33 heavy (non-hydrogen) atoms. The van der Waals surface area contributed by atoms with Gasteiger partial charge in [0, 0.05) is 5.56 Å². The summed E-state index contributed by atoms with van der Waals surface area (Å²) in [6, 6.07) is 8.95. The van der Waals surface area contributed by atoms with Crippen LogP contribution in [0.3, 0.4) is 0 Å². The third-order valence-corrected chi connectivity index (χ3v) is 6.84. The van der Waals surface area contributed by atoms with Crippen LogP contribution in [0.25, 0.3) is 0 Å². The summed E-state index contributed by atoms with van der Waals surface area (Å²) in [6.45, 7) is 1.94. The number of hydrogen-bond acceptors (Lipinski definition) is 4. The molecule has 0 bridgehead atoms. The molecule has 4 N–H and O–H groups in total. The third kappa shape index (κ3) is 4.39. The lowest BCUT2D eigenvalue weighted by Gasteiger charge is -2.40. The average Bonchev–Trinajstić information content (AvgIpc) is 3.05. The van der Waals surface area contributed by atoms with E-state index < -0.39 is 36.0 Å². The number of aliphatic hydroxyl groups is 2.